The second-order valence-corrected chi connectivity index (χ2v) is 7.87. The predicted octanol–water partition coefficient (Wildman–Crippen LogP) is 2.48. The van der Waals surface area contributed by atoms with Crippen LogP contribution in [0.25, 0.3) is 0 Å². The van der Waals surface area contributed by atoms with Crippen molar-refractivity contribution in [1.82, 2.24) is 15.1 Å². The highest BCUT2D eigenvalue weighted by molar-refractivity contribution is 8.01. The number of hydrogen-bond donors (Lipinski definition) is 2. The van der Waals surface area contributed by atoms with Gasteiger partial charge in [-0.05, 0) is 24.5 Å². The molecule has 0 amide bonds. The third-order valence-electron chi connectivity index (χ3n) is 3.81. The molecule has 7 heteroatoms. The van der Waals surface area contributed by atoms with E-state index in [4.69, 9.17) is 0 Å². The first-order valence-corrected chi connectivity index (χ1v) is 9.72. The van der Waals surface area contributed by atoms with Gasteiger partial charge < -0.3 is 10.4 Å². The lowest BCUT2D eigenvalue weighted by molar-refractivity contribution is 0.122. The standard InChI is InChI=1S/C16H22N4OS2/c1-2-17-15-18-19-16(23-15)22-11-14(21)10-20-8-7-12-5-3-4-6-13(12)9-20/h3-6,14,21H,2,7-11H2,1H3,(H,17,18). The predicted molar refractivity (Wildman–Crippen MR) is 96.2 cm³/mol. The van der Waals surface area contributed by atoms with Crippen molar-refractivity contribution in [3.63, 3.8) is 0 Å². The quantitative estimate of drug-likeness (QED) is 0.748. The Morgan fingerprint density at radius 2 is 2.17 bits per heavy atom. The Labute approximate surface area is 145 Å². The number of benzene rings is 1. The van der Waals surface area contributed by atoms with E-state index in [-0.39, 0.29) is 6.10 Å². The molecule has 2 aromatic rings. The molecule has 1 unspecified atom stereocenters. The molecule has 0 radical (unpaired) electrons. The van der Waals surface area contributed by atoms with Crippen LogP contribution < -0.4 is 5.32 Å². The lowest BCUT2D eigenvalue weighted by atomic mass is 10.00. The second-order valence-electron chi connectivity index (χ2n) is 5.62. The maximum Gasteiger partial charge on any atom is 0.206 e. The van der Waals surface area contributed by atoms with Crippen LogP contribution in [0.3, 0.4) is 0 Å². The SMILES string of the molecule is CCNc1nnc(SCC(O)CN2CCc3ccccc3C2)s1. The lowest BCUT2D eigenvalue weighted by Crippen LogP contribution is -2.37. The van der Waals surface area contributed by atoms with Crippen LogP contribution in [0.2, 0.25) is 0 Å². The molecule has 0 spiro atoms. The smallest absolute Gasteiger partial charge is 0.206 e. The molecule has 0 saturated carbocycles. The number of aromatic nitrogens is 2. The van der Waals surface area contributed by atoms with E-state index in [1.54, 1.807) is 23.1 Å². The molecule has 1 atom stereocenters. The highest BCUT2D eigenvalue weighted by Gasteiger charge is 2.18. The number of anilines is 1. The molecule has 5 nitrogen and oxygen atoms in total. The molecule has 2 heterocycles. The van der Waals surface area contributed by atoms with Gasteiger partial charge in [0, 0.05) is 31.9 Å². The minimum atomic E-state index is -0.350. The van der Waals surface area contributed by atoms with Gasteiger partial charge in [0.25, 0.3) is 0 Å². The van der Waals surface area contributed by atoms with E-state index in [1.807, 2.05) is 6.92 Å². The number of thioether (sulfide) groups is 1. The molecule has 0 fully saturated rings. The minimum absolute atomic E-state index is 0.350. The van der Waals surface area contributed by atoms with Crippen molar-refractivity contribution in [1.29, 1.82) is 0 Å². The van der Waals surface area contributed by atoms with Gasteiger partial charge in [-0.1, -0.05) is 47.4 Å². The summed E-state index contributed by atoms with van der Waals surface area (Å²) >= 11 is 3.12. The van der Waals surface area contributed by atoms with Gasteiger partial charge in [0.2, 0.25) is 5.13 Å². The van der Waals surface area contributed by atoms with Gasteiger partial charge in [0.1, 0.15) is 0 Å². The van der Waals surface area contributed by atoms with Gasteiger partial charge in [-0.2, -0.15) is 0 Å². The number of β-amino-alcohol motifs (C(OH)–C–C–N with tert-alkyl or cyclic N) is 1. The summed E-state index contributed by atoms with van der Waals surface area (Å²) in [5, 5.41) is 22.5. The van der Waals surface area contributed by atoms with Gasteiger partial charge in [-0.15, -0.1) is 10.2 Å². The number of aliphatic hydroxyl groups is 1. The molecular formula is C16H22N4OS2. The number of nitrogens with one attached hydrogen (secondary N) is 1. The molecule has 1 aromatic carbocycles. The van der Waals surface area contributed by atoms with E-state index >= 15 is 0 Å². The van der Waals surface area contributed by atoms with Crippen molar-refractivity contribution in [3.05, 3.63) is 35.4 Å². The molecule has 3 rings (SSSR count). The summed E-state index contributed by atoms with van der Waals surface area (Å²) < 4.78 is 0.906. The van der Waals surface area contributed by atoms with Gasteiger partial charge in [0.05, 0.1) is 6.10 Å². The fourth-order valence-corrected chi connectivity index (χ4v) is 4.48. The molecule has 0 aliphatic carbocycles. The van der Waals surface area contributed by atoms with Crippen molar-refractivity contribution < 1.29 is 5.11 Å². The van der Waals surface area contributed by atoms with Crippen LogP contribution in [0, 0.1) is 0 Å². The third-order valence-corrected chi connectivity index (χ3v) is 5.97. The molecule has 23 heavy (non-hydrogen) atoms. The summed E-state index contributed by atoms with van der Waals surface area (Å²) in [6.07, 6.45) is 0.718. The van der Waals surface area contributed by atoms with Crippen LogP contribution in [-0.4, -0.2) is 51.7 Å². The number of fused-ring (bicyclic) bond motifs is 1. The zero-order valence-electron chi connectivity index (χ0n) is 13.2. The van der Waals surface area contributed by atoms with E-state index in [1.165, 1.54) is 11.1 Å². The third kappa shape index (κ3) is 4.67. The van der Waals surface area contributed by atoms with Gasteiger partial charge in [-0.25, -0.2) is 0 Å². The van der Waals surface area contributed by atoms with Crippen molar-refractivity contribution in [2.45, 2.75) is 30.3 Å². The van der Waals surface area contributed by atoms with Crippen LogP contribution in [-0.2, 0) is 13.0 Å². The van der Waals surface area contributed by atoms with Crippen LogP contribution >= 0.6 is 23.1 Å². The summed E-state index contributed by atoms with van der Waals surface area (Å²) in [6, 6.07) is 8.58. The highest BCUT2D eigenvalue weighted by atomic mass is 32.2. The first-order valence-electron chi connectivity index (χ1n) is 7.92. The highest BCUT2D eigenvalue weighted by Crippen LogP contribution is 2.26. The molecule has 0 saturated heterocycles. The van der Waals surface area contributed by atoms with Crippen molar-refractivity contribution in [2.24, 2.45) is 0 Å². The summed E-state index contributed by atoms with van der Waals surface area (Å²) in [4.78, 5) is 2.33. The fraction of sp³-hybridized carbons (Fsp3) is 0.500. The van der Waals surface area contributed by atoms with Gasteiger partial charge in [-0.3, -0.25) is 4.90 Å². The Morgan fingerprint density at radius 3 is 3.00 bits per heavy atom. The van der Waals surface area contributed by atoms with Crippen molar-refractivity contribution in [3.8, 4) is 0 Å². The number of nitrogens with zero attached hydrogens (tertiary/aromatic N) is 3. The van der Waals surface area contributed by atoms with Gasteiger partial charge >= 0.3 is 0 Å². The Hall–Kier alpha value is -1.15. The number of aliphatic hydroxyl groups excluding tert-OH is 1. The van der Waals surface area contributed by atoms with E-state index in [0.717, 1.165) is 35.5 Å². The Balaban J connectivity index is 1.45. The number of rotatable bonds is 7. The monoisotopic (exact) mass is 350 g/mol. The molecule has 1 aliphatic rings. The average Bonchev–Trinajstić information content (AvgIpc) is 3.01. The molecule has 2 N–H and O–H groups in total. The van der Waals surface area contributed by atoms with Gasteiger partial charge in [0.15, 0.2) is 4.34 Å². The average molecular weight is 351 g/mol. The zero-order valence-corrected chi connectivity index (χ0v) is 14.9. The largest absolute Gasteiger partial charge is 0.391 e. The zero-order chi connectivity index (χ0) is 16.1. The maximum absolute atomic E-state index is 10.3. The van der Waals surface area contributed by atoms with Crippen LogP contribution in [0.1, 0.15) is 18.1 Å². The van der Waals surface area contributed by atoms with Crippen LogP contribution in [0.4, 0.5) is 5.13 Å². The van der Waals surface area contributed by atoms with Crippen LogP contribution in [0.5, 0.6) is 0 Å². The molecule has 0 bridgehead atoms. The van der Waals surface area contributed by atoms with E-state index in [9.17, 15) is 5.11 Å². The topological polar surface area (TPSA) is 61.3 Å². The van der Waals surface area contributed by atoms with E-state index in [0.29, 0.717) is 12.3 Å². The minimum Gasteiger partial charge on any atom is -0.391 e. The van der Waals surface area contributed by atoms with E-state index in [2.05, 4.69) is 44.7 Å². The Bertz CT molecular complexity index is 634. The summed E-state index contributed by atoms with van der Waals surface area (Å²) in [5.74, 6) is 0.652. The molecule has 1 aliphatic heterocycles. The Kier molecular flexibility index (Phi) is 5.88. The van der Waals surface area contributed by atoms with Crippen LogP contribution in [0.15, 0.2) is 28.6 Å². The Morgan fingerprint density at radius 1 is 1.35 bits per heavy atom. The van der Waals surface area contributed by atoms with Crippen molar-refractivity contribution >= 4 is 28.2 Å². The van der Waals surface area contributed by atoms with E-state index < -0.39 is 0 Å². The first kappa shape index (κ1) is 16.7. The normalized spacial score (nSPS) is 16.1. The second kappa shape index (κ2) is 8.10. The summed E-state index contributed by atoms with van der Waals surface area (Å²) in [7, 11) is 0. The number of hydrogen-bond acceptors (Lipinski definition) is 7. The molecule has 1 aromatic heterocycles. The lowest BCUT2D eigenvalue weighted by Gasteiger charge is -2.30. The van der Waals surface area contributed by atoms with Crippen molar-refractivity contribution in [2.75, 3.05) is 30.7 Å². The molecule has 124 valence electrons. The fourth-order valence-electron chi connectivity index (χ4n) is 2.72. The summed E-state index contributed by atoms with van der Waals surface area (Å²) in [5.41, 5.74) is 2.83. The maximum atomic E-state index is 10.3. The summed E-state index contributed by atoms with van der Waals surface area (Å²) in [6.45, 7) is 5.54. The first-order chi connectivity index (χ1) is 11.2. The molecular weight excluding hydrogens is 328 g/mol.